The summed E-state index contributed by atoms with van der Waals surface area (Å²) in [4.78, 5) is 44.6. The summed E-state index contributed by atoms with van der Waals surface area (Å²) < 4.78 is 4.60. The largest absolute Gasteiger partial charge is 0.469 e. The van der Waals surface area contributed by atoms with Crippen molar-refractivity contribution in [1.82, 2.24) is 9.88 Å². The highest BCUT2D eigenvalue weighted by Crippen LogP contribution is 2.29. The second-order valence-electron chi connectivity index (χ2n) is 7.78. The molecular formula is C23H26Cl2N4O4. The van der Waals surface area contributed by atoms with E-state index in [0.29, 0.717) is 34.5 Å². The molecule has 0 radical (unpaired) electrons. The van der Waals surface area contributed by atoms with Gasteiger partial charge in [-0.2, -0.15) is 0 Å². The first-order valence-electron chi connectivity index (χ1n) is 10.6. The van der Waals surface area contributed by atoms with Crippen molar-refractivity contribution in [2.24, 2.45) is 0 Å². The molecule has 0 unspecified atom stereocenters. The standard InChI is InChI=1S/C23H26Cl2N4O4/c1-28(17-9-11-29(12-10-17)21(30)7-8-22(31)33-2)19-5-3-15(24)13-18(19)23(32)27-20-6-4-16(25)14-26-20/h3-6,13-14,17H,7-12H2,1-2H3,(H,26,27,32). The Balaban J connectivity index is 1.66. The van der Waals surface area contributed by atoms with Crippen LogP contribution >= 0.6 is 23.2 Å². The molecule has 10 heteroatoms. The van der Waals surface area contributed by atoms with Crippen LogP contribution in [-0.2, 0) is 14.3 Å². The number of piperidine rings is 1. The Kier molecular flexibility index (Phi) is 8.52. The smallest absolute Gasteiger partial charge is 0.306 e. The number of pyridine rings is 1. The zero-order valence-electron chi connectivity index (χ0n) is 18.5. The number of hydrogen-bond donors (Lipinski definition) is 1. The highest BCUT2D eigenvalue weighted by molar-refractivity contribution is 6.31. The number of hydrogen-bond acceptors (Lipinski definition) is 6. The first-order valence-corrected chi connectivity index (χ1v) is 11.3. The third kappa shape index (κ3) is 6.58. The topological polar surface area (TPSA) is 91.8 Å². The molecule has 2 amide bonds. The maximum absolute atomic E-state index is 13.0. The third-order valence-corrected chi connectivity index (χ3v) is 6.15. The molecule has 1 N–H and O–H groups in total. The molecule has 1 aromatic carbocycles. The van der Waals surface area contributed by atoms with Crippen molar-refractivity contribution in [3.63, 3.8) is 0 Å². The number of esters is 1. The van der Waals surface area contributed by atoms with Gasteiger partial charge in [-0.3, -0.25) is 14.4 Å². The molecule has 1 aliphatic rings. The average molecular weight is 493 g/mol. The first-order chi connectivity index (χ1) is 15.8. The van der Waals surface area contributed by atoms with Gasteiger partial charge in [0.15, 0.2) is 0 Å². The van der Waals surface area contributed by atoms with Crippen molar-refractivity contribution in [2.75, 3.05) is 37.5 Å². The lowest BCUT2D eigenvalue weighted by Crippen LogP contribution is -2.46. The van der Waals surface area contributed by atoms with E-state index in [2.05, 4.69) is 19.9 Å². The molecular weight excluding hydrogens is 467 g/mol. The molecule has 1 aromatic heterocycles. The summed E-state index contributed by atoms with van der Waals surface area (Å²) in [6.45, 7) is 1.16. The number of ether oxygens (including phenoxy) is 1. The Bertz CT molecular complexity index is 1010. The molecule has 0 atom stereocenters. The molecule has 1 aliphatic heterocycles. The van der Waals surface area contributed by atoms with E-state index in [4.69, 9.17) is 23.2 Å². The van der Waals surface area contributed by atoms with Crippen molar-refractivity contribution < 1.29 is 19.1 Å². The quantitative estimate of drug-likeness (QED) is 0.586. The number of likely N-dealkylation sites (tertiary alicyclic amines) is 1. The number of rotatable bonds is 7. The summed E-state index contributed by atoms with van der Waals surface area (Å²) in [5.74, 6) is -0.384. The fourth-order valence-electron chi connectivity index (χ4n) is 3.80. The van der Waals surface area contributed by atoms with E-state index >= 15 is 0 Å². The minimum absolute atomic E-state index is 0.0523. The minimum Gasteiger partial charge on any atom is -0.469 e. The second-order valence-corrected chi connectivity index (χ2v) is 8.65. The van der Waals surface area contributed by atoms with E-state index in [1.807, 2.05) is 13.1 Å². The van der Waals surface area contributed by atoms with Crippen LogP contribution in [0.15, 0.2) is 36.5 Å². The van der Waals surface area contributed by atoms with E-state index in [1.165, 1.54) is 13.3 Å². The Labute approximate surface area is 202 Å². The van der Waals surface area contributed by atoms with Gasteiger partial charge in [-0.1, -0.05) is 23.2 Å². The number of carbonyl (C=O) groups is 3. The summed E-state index contributed by atoms with van der Waals surface area (Å²) in [5, 5.41) is 3.71. The minimum atomic E-state index is -0.389. The van der Waals surface area contributed by atoms with Crippen LogP contribution in [0.4, 0.5) is 11.5 Å². The Morgan fingerprint density at radius 1 is 1.12 bits per heavy atom. The van der Waals surface area contributed by atoms with Crippen LogP contribution in [0.1, 0.15) is 36.0 Å². The van der Waals surface area contributed by atoms with Crippen LogP contribution in [0.2, 0.25) is 10.0 Å². The Morgan fingerprint density at radius 3 is 2.45 bits per heavy atom. The third-order valence-electron chi connectivity index (χ3n) is 5.69. The number of methoxy groups -OCH3 is 1. The monoisotopic (exact) mass is 492 g/mol. The van der Waals surface area contributed by atoms with Gasteiger partial charge in [-0.25, -0.2) is 4.98 Å². The van der Waals surface area contributed by atoms with Crippen molar-refractivity contribution in [2.45, 2.75) is 31.7 Å². The molecule has 0 bridgehead atoms. The zero-order chi connectivity index (χ0) is 24.0. The number of carbonyl (C=O) groups excluding carboxylic acids is 3. The van der Waals surface area contributed by atoms with Gasteiger partial charge >= 0.3 is 5.97 Å². The van der Waals surface area contributed by atoms with Crippen molar-refractivity contribution in [3.8, 4) is 0 Å². The number of aromatic nitrogens is 1. The summed E-state index contributed by atoms with van der Waals surface area (Å²) in [5.41, 5.74) is 1.17. The highest BCUT2D eigenvalue weighted by Gasteiger charge is 2.27. The molecule has 2 heterocycles. The fraction of sp³-hybridized carbons (Fsp3) is 0.391. The number of amides is 2. The number of halogens is 2. The lowest BCUT2D eigenvalue weighted by Gasteiger charge is -2.38. The summed E-state index contributed by atoms with van der Waals surface area (Å²) >= 11 is 12.0. The lowest BCUT2D eigenvalue weighted by molar-refractivity contribution is -0.143. The lowest BCUT2D eigenvalue weighted by atomic mass is 10.0. The van der Waals surface area contributed by atoms with Crippen LogP contribution in [-0.4, -0.2) is 61.0 Å². The van der Waals surface area contributed by atoms with Gasteiger partial charge in [0.05, 0.1) is 24.1 Å². The van der Waals surface area contributed by atoms with Crippen LogP contribution < -0.4 is 10.2 Å². The molecule has 0 spiro atoms. The van der Waals surface area contributed by atoms with Crippen molar-refractivity contribution >= 4 is 52.5 Å². The van der Waals surface area contributed by atoms with Crippen molar-refractivity contribution in [3.05, 3.63) is 52.1 Å². The zero-order valence-corrected chi connectivity index (χ0v) is 20.0. The van der Waals surface area contributed by atoms with Crippen LogP contribution in [0, 0.1) is 0 Å². The predicted molar refractivity (Wildman–Crippen MR) is 128 cm³/mol. The number of nitrogens with zero attached hydrogens (tertiary/aromatic N) is 3. The van der Waals surface area contributed by atoms with Gasteiger partial charge in [0, 0.05) is 49.5 Å². The van der Waals surface area contributed by atoms with Crippen molar-refractivity contribution in [1.29, 1.82) is 0 Å². The number of anilines is 2. The number of benzene rings is 1. The highest BCUT2D eigenvalue weighted by atomic mass is 35.5. The fourth-order valence-corrected chi connectivity index (χ4v) is 4.08. The summed E-state index contributed by atoms with van der Waals surface area (Å²) in [6.07, 6.45) is 3.17. The van der Waals surface area contributed by atoms with Gasteiger partial charge in [0.2, 0.25) is 5.91 Å². The van der Waals surface area contributed by atoms with E-state index < -0.39 is 0 Å². The van der Waals surface area contributed by atoms with Gasteiger partial charge < -0.3 is 19.9 Å². The van der Waals surface area contributed by atoms with E-state index in [1.54, 1.807) is 29.2 Å². The normalized spacial score (nSPS) is 14.0. The molecule has 2 aromatic rings. The molecule has 1 fully saturated rings. The number of nitrogens with one attached hydrogen (secondary N) is 1. The molecule has 3 rings (SSSR count). The SMILES string of the molecule is COC(=O)CCC(=O)N1CCC(N(C)c2ccc(Cl)cc2C(=O)Nc2ccc(Cl)cn2)CC1. The van der Waals surface area contributed by atoms with Crippen LogP contribution in [0.5, 0.6) is 0 Å². The van der Waals surface area contributed by atoms with Crippen LogP contribution in [0.3, 0.4) is 0 Å². The molecule has 0 saturated carbocycles. The maximum Gasteiger partial charge on any atom is 0.306 e. The maximum atomic E-state index is 13.0. The van der Waals surface area contributed by atoms with Crippen LogP contribution in [0.25, 0.3) is 0 Å². The molecule has 33 heavy (non-hydrogen) atoms. The summed E-state index contributed by atoms with van der Waals surface area (Å²) in [6, 6.07) is 8.60. The first kappa shape index (κ1) is 24.8. The molecule has 8 nitrogen and oxygen atoms in total. The van der Waals surface area contributed by atoms with E-state index in [0.717, 1.165) is 18.5 Å². The molecule has 176 valence electrons. The molecule has 0 aliphatic carbocycles. The van der Waals surface area contributed by atoms with Gasteiger partial charge in [0.25, 0.3) is 5.91 Å². The Hall–Kier alpha value is -2.84. The average Bonchev–Trinajstić information content (AvgIpc) is 2.83. The predicted octanol–water partition coefficient (Wildman–Crippen LogP) is 4.02. The van der Waals surface area contributed by atoms with E-state index in [-0.39, 0.29) is 36.7 Å². The second kappa shape index (κ2) is 11.3. The Morgan fingerprint density at radius 2 is 1.82 bits per heavy atom. The van der Waals surface area contributed by atoms with Gasteiger partial charge in [-0.15, -0.1) is 0 Å². The summed E-state index contributed by atoms with van der Waals surface area (Å²) in [7, 11) is 3.24. The molecule has 1 saturated heterocycles. The van der Waals surface area contributed by atoms with Gasteiger partial charge in [0.1, 0.15) is 5.82 Å². The van der Waals surface area contributed by atoms with E-state index in [9.17, 15) is 14.4 Å². The van der Waals surface area contributed by atoms with Gasteiger partial charge in [-0.05, 0) is 43.2 Å².